The molecule has 0 atom stereocenters. The van der Waals surface area contributed by atoms with Crippen LogP contribution in [0.15, 0.2) is 0 Å². The molecule has 0 aliphatic carbocycles. The van der Waals surface area contributed by atoms with Gasteiger partial charge < -0.3 is 0 Å². The van der Waals surface area contributed by atoms with E-state index in [0.29, 0.717) is 0 Å². The standard InChI is InChI=1S/C4H9/c1-3-4-2/h1,3-4H2,2H3. The van der Waals surface area contributed by atoms with Gasteiger partial charge >= 0.3 is 0 Å². The molecular formula is C4H9. The number of unbranched alkanes of at least 4 members (excludes halogenated alkanes) is 1. The third-order valence-corrected chi connectivity index (χ3v) is 0.354. The second kappa shape index (κ2) is 3.00. The summed E-state index contributed by atoms with van der Waals surface area (Å²) in [6, 6.07) is 0. The van der Waals surface area contributed by atoms with Crippen molar-refractivity contribution in [3.05, 3.63) is 6.92 Å². The van der Waals surface area contributed by atoms with E-state index < -0.39 is 0 Å². The normalized spacial score (nSPS) is 7.50. The lowest BCUT2D eigenvalue weighted by Crippen LogP contribution is -1.48. The molecule has 0 spiro atoms. The number of hydrogen-bond acceptors (Lipinski definition) is 0. The molecule has 0 aliphatic rings. The first-order valence-electron chi connectivity index (χ1n) is 1.71. The van der Waals surface area contributed by atoms with E-state index >= 15 is 0 Å². The molecule has 0 fully saturated rings. The van der Waals surface area contributed by atoms with Gasteiger partial charge in [-0.25, -0.2) is 0 Å². The third kappa shape index (κ3) is 2.00. The van der Waals surface area contributed by atoms with E-state index in [0.717, 1.165) is 6.42 Å². The van der Waals surface area contributed by atoms with Crippen molar-refractivity contribution in [2.24, 2.45) is 0 Å². The summed E-state index contributed by atoms with van der Waals surface area (Å²) in [7, 11) is 0. The Kier molecular flexibility index (Phi) is 3.00. The van der Waals surface area contributed by atoms with Gasteiger partial charge in [-0.1, -0.05) is 26.7 Å². The second-order valence-electron chi connectivity index (χ2n) is 0.854. The topological polar surface area (TPSA) is 0 Å². The fraction of sp³-hybridized carbons (Fsp3) is 0.750. The first-order chi connectivity index (χ1) is 1.91. The SMILES string of the molecule is [CH2]CCC. The van der Waals surface area contributed by atoms with Crippen LogP contribution in [0.4, 0.5) is 0 Å². The average Bonchev–Trinajstić information content (AvgIpc) is 1.37. The Hall–Kier alpha value is 0. The molecule has 0 unspecified atom stereocenters. The lowest BCUT2D eigenvalue weighted by Gasteiger charge is -1.67. The number of hydrogen-bond donors (Lipinski definition) is 0. The van der Waals surface area contributed by atoms with E-state index in [1.807, 2.05) is 0 Å². The van der Waals surface area contributed by atoms with Gasteiger partial charge in [0.05, 0.1) is 0 Å². The largest absolute Gasteiger partial charge is 0.0654 e. The third-order valence-electron chi connectivity index (χ3n) is 0.354. The Morgan fingerprint density at radius 1 is 1.75 bits per heavy atom. The molecular weight excluding hydrogens is 48.0 g/mol. The van der Waals surface area contributed by atoms with Gasteiger partial charge in [0, 0.05) is 0 Å². The molecule has 0 aromatic heterocycles. The second-order valence-corrected chi connectivity index (χ2v) is 0.854. The molecule has 0 bridgehead atoms. The Bertz CT molecular complexity index is 2.00. The van der Waals surface area contributed by atoms with Crippen molar-refractivity contribution < 1.29 is 0 Å². The van der Waals surface area contributed by atoms with Gasteiger partial charge in [0.2, 0.25) is 0 Å². The van der Waals surface area contributed by atoms with Crippen LogP contribution in [-0.2, 0) is 0 Å². The van der Waals surface area contributed by atoms with Crippen molar-refractivity contribution in [2.45, 2.75) is 19.8 Å². The summed E-state index contributed by atoms with van der Waals surface area (Å²) >= 11 is 0. The zero-order valence-corrected chi connectivity index (χ0v) is 3.12. The first kappa shape index (κ1) is 4.00. The molecule has 0 heteroatoms. The maximum absolute atomic E-state index is 3.60. The van der Waals surface area contributed by atoms with E-state index in [-0.39, 0.29) is 0 Å². The van der Waals surface area contributed by atoms with Crippen LogP contribution >= 0.6 is 0 Å². The van der Waals surface area contributed by atoms with Crippen LogP contribution in [0.3, 0.4) is 0 Å². The molecule has 4 heavy (non-hydrogen) atoms. The summed E-state index contributed by atoms with van der Waals surface area (Å²) < 4.78 is 0. The summed E-state index contributed by atoms with van der Waals surface area (Å²) in [4.78, 5) is 0. The van der Waals surface area contributed by atoms with Crippen molar-refractivity contribution in [1.82, 2.24) is 0 Å². The molecule has 0 nitrogen and oxygen atoms in total. The highest BCUT2D eigenvalue weighted by Crippen LogP contribution is 1.75. The van der Waals surface area contributed by atoms with Gasteiger partial charge in [-0.05, 0) is 0 Å². The molecule has 0 aromatic carbocycles. The zero-order chi connectivity index (χ0) is 3.41. The van der Waals surface area contributed by atoms with Crippen molar-refractivity contribution in [3.63, 3.8) is 0 Å². The van der Waals surface area contributed by atoms with Crippen LogP contribution in [0.25, 0.3) is 0 Å². The van der Waals surface area contributed by atoms with Crippen LogP contribution in [0, 0.1) is 6.92 Å². The Labute approximate surface area is 27.8 Å². The maximum Gasteiger partial charge on any atom is -0.0533 e. The quantitative estimate of drug-likeness (QED) is 0.429. The van der Waals surface area contributed by atoms with E-state index in [2.05, 4.69) is 13.8 Å². The van der Waals surface area contributed by atoms with Crippen molar-refractivity contribution in [2.75, 3.05) is 0 Å². The van der Waals surface area contributed by atoms with E-state index in [1.165, 1.54) is 6.42 Å². The molecule has 0 aliphatic heterocycles. The number of rotatable bonds is 1. The minimum atomic E-state index is 1.07. The molecule has 0 heterocycles. The summed E-state index contributed by atoms with van der Waals surface area (Å²) in [6.07, 6.45) is 2.28. The molecule has 0 aromatic rings. The van der Waals surface area contributed by atoms with Crippen LogP contribution in [0.1, 0.15) is 19.8 Å². The van der Waals surface area contributed by atoms with Gasteiger partial charge in [-0.3, -0.25) is 0 Å². The van der Waals surface area contributed by atoms with Gasteiger partial charge in [0.15, 0.2) is 0 Å². The summed E-state index contributed by atoms with van der Waals surface area (Å²) in [5, 5.41) is 0. The van der Waals surface area contributed by atoms with Crippen LogP contribution < -0.4 is 0 Å². The molecule has 0 rings (SSSR count). The van der Waals surface area contributed by atoms with Crippen molar-refractivity contribution in [1.29, 1.82) is 0 Å². The Morgan fingerprint density at radius 2 is 2.00 bits per heavy atom. The fourth-order valence-corrected chi connectivity index (χ4v) is 0. The van der Waals surface area contributed by atoms with Gasteiger partial charge in [-0.15, -0.1) is 0 Å². The summed E-state index contributed by atoms with van der Waals surface area (Å²) in [6.45, 7) is 5.72. The van der Waals surface area contributed by atoms with E-state index in [4.69, 9.17) is 0 Å². The zero-order valence-electron chi connectivity index (χ0n) is 3.12. The average molecular weight is 57.1 g/mol. The smallest absolute Gasteiger partial charge is 0.0533 e. The highest BCUT2D eigenvalue weighted by atomic mass is 13.6. The first-order valence-corrected chi connectivity index (χ1v) is 1.71. The minimum Gasteiger partial charge on any atom is -0.0654 e. The minimum absolute atomic E-state index is 1.07. The van der Waals surface area contributed by atoms with E-state index in [1.54, 1.807) is 0 Å². The molecule has 25 valence electrons. The monoisotopic (exact) mass is 57.1 g/mol. The molecule has 0 N–H and O–H groups in total. The van der Waals surface area contributed by atoms with Gasteiger partial charge in [-0.2, -0.15) is 0 Å². The lowest BCUT2D eigenvalue weighted by atomic mass is 10.4. The summed E-state index contributed by atoms with van der Waals surface area (Å²) in [5.41, 5.74) is 0. The highest BCUT2D eigenvalue weighted by Gasteiger charge is 1.56. The summed E-state index contributed by atoms with van der Waals surface area (Å²) in [5.74, 6) is 0. The molecule has 0 saturated carbocycles. The van der Waals surface area contributed by atoms with Gasteiger partial charge in [0.1, 0.15) is 0 Å². The van der Waals surface area contributed by atoms with Crippen molar-refractivity contribution in [3.8, 4) is 0 Å². The molecule has 0 saturated heterocycles. The maximum atomic E-state index is 3.60. The van der Waals surface area contributed by atoms with Crippen LogP contribution in [0.5, 0.6) is 0 Å². The Morgan fingerprint density at radius 3 is 2.00 bits per heavy atom. The van der Waals surface area contributed by atoms with E-state index in [9.17, 15) is 0 Å². The highest BCUT2D eigenvalue weighted by molar-refractivity contribution is 4.29. The van der Waals surface area contributed by atoms with Gasteiger partial charge in [0.25, 0.3) is 0 Å². The predicted molar refractivity (Wildman–Crippen MR) is 20.3 cm³/mol. The molecule has 1 radical (unpaired) electrons. The Balaban J connectivity index is 1.97. The lowest BCUT2D eigenvalue weighted by molar-refractivity contribution is 0.956. The van der Waals surface area contributed by atoms with Crippen LogP contribution in [0.2, 0.25) is 0 Å². The fourth-order valence-electron chi connectivity index (χ4n) is 0. The van der Waals surface area contributed by atoms with Crippen LogP contribution in [-0.4, -0.2) is 0 Å². The molecule has 0 amide bonds. The van der Waals surface area contributed by atoms with Crippen molar-refractivity contribution >= 4 is 0 Å². The predicted octanol–water partition coefficient (Wildman–Crippen LogP) is 1.62.